The first-order chi connectivity index (χ1) is 5.70. The summed E-state index contributed by atoms with van der Waals surface area (Å²) in [6.45, 7) is 4.58. The Bertz CT molecular complexity index is 323. The molecule has 0 spiro atoms. The van der Waals surface area contributed by atoms with Gasteiger partial charge in [-0.2, -0.15) is 0 Å². The maximum Gasteiger partial charge on any atom is 0.492 e. The Labute approximate surface area is 72.3 Å². The van der Waals surface area contributed by atoms with Crippen LogP contribution in [0.3, 0.4) is 0 Å². The van der Waals surface area contributed by atoms with Crippen LogP contribution in [0.1, 0.15) is 16.7 Å². The minimum absolute atomic E-state index is 0.546. The lowest BCUT2D eigenvalue weighted by Gasteiger charge is -2.05. The molecular weight excluding hydrogens is 151 g/mol. The SMILES string of the molecule is Cc1ccc(C)c2c1COB2O. The normalized spacial score (nSPS) is 15.1. The van der Waals surface area contributed by atoms with Crippen LogP contribution in [0, 0.1) is 13.8 Å². The molecule has 1 heterocycles. The fourth-order valence-electron chi connectivity index (χ4n) is 1.67. The van der Waals surface area contributed by atoms with Crippen LogP contribution >= 0.6 is 0 Å². The van der Waals surface area contributed by atoms with Gasteiger partial charge in [0, 0.05) is 0 Å². The van der Waals surface area contributed by atoms with Crippen molar-refractivity contribution in [1.29, 1.82) is 0 Å². The quantitative estimate of drug-likeness (QED) is 0.563. The second-order valence-corrected chi connectivity index (χ2v) is 3.25. The molecule has 0 bridgehead atoms. The van der Waals surface area contributed by atoms with Crippen LogP contribution in [0.5, 0.6) is 0 Å². The lowest BCUT2D eigenvalue weighted by molar-refractivity contribution is 0.275. The summed E-state index contributed by atoms with van der Waals surface area (Å²) in [5.74, 6) is 0. The van der Waals surface area contributed by atoms with E-state index in [9.17, 15) is 5.02 Å². The minimum atomic E-state index is -0.708. The summed E-state index contributed by atoms with van der Waals surface area (Å²) < 4.78 is 5.14. The predicted molar refractivity (Wildman–Crippen MR) is 48.3 cm³/mol. The molecule has 1 aromatic rings. The van der Waals surface area contributed by atoms with Gasteiger partial charge >= 0.3 is 7.12 Å². The molecule has 1 aliphatic rings. The van der Waals surface area contributed by atoms with Gasteiger partial charge in [0.05, 0.1) is 6.61 Å². The third kappa shape index (κ3) is 0.975. The van der Waals surface area contributed by atoms with Gasteiger partial charge in [0.15, 0.2) is 0 Å². The molecule has 0 amide bonds. The number of aryl methyl sites for hydroxylation is 2. The summed E-state index contributed by atoms with van der Waals surface area (Å²) in [5.41, 5.74) is 4.44. The third-order valence-corrected chi connectivity index (χ3v) is 2.44. The van der Waals surface area contributed by atoms with E-state index in [4.69, 9.17) is 4.65 Å². The molecule has 0 fully saturated rings. The first kappa shape index (κ1) is 7.83. The second kappa shape index (κ2) is 2.61. The van der Waals surface area contributed by atoms with Crippen LogP contribution in [0.4, 0.5) is 0 Å². The molecule has 0 atom stereocenters. The smallest absolute Gasteiger partial charge is 0.423 e. The molecule has 1 N–H and O–H groups in total. The van der Waals surface area contributed by atoms with Gasteiger partial charge in [-0.25, -0.2) is 0 Å². The Morgan fingerprint density at radius 2 is 2.00 bits per heavy atom. The average molecular weight is 162 g/mol. The lowest BCUT2D eigenvalue weighted by Crippen LogP contribution is -2.30. The molecule has 1 aliphatic heterocycles. The highest BCUT2D eigenvalue weighted by atomic mass is 16.5. The van der Waals surface area contributed by atoms with Crippen molar-refractivity contribution in [1.82, 2.24) is 0 Å². The Balaban J connectivity index is 2.64. The summed E-state index contributed by atoms with van der Waals surface area (Å²) >= 11 is 0. The number of hydrogen-bond donors (Lipinski definition) is 1. The zero-order valence-corrected chi connectivity index (χ0v) is 7.29. The van der Waals surface area contributed by atoms with Crippen LogP contribution < -0.4 is 5.46 Å². The van der Waals surface area contributed by atoms with E-state index in [1.54, 1.807) is 0 Å². The Kier molecular flexibility index (Phi) is 1.70. The maximum atomic E-state index is 9.46. The van der Waals surface area contributed by atoms with E-state index in [2.05, 4.69) is 6.07 Å². The zero-order valence-electron chi connectivity index (χ0n) is 7.29. The van der Waals surface area contributed by atoms with Crippen molar-refractivity contribution in [3.05, 3.63) is 28.8 Å². The fraction of sp³-hybridized carbons (Fsp3) is 0.333. The predicted octanol–water partition coefficient (Wildman–Crippen LogP) is 0.521. The van der Waals surface area contributed by atoms with Gasteiger partial charge in [0.2, 0.25) is 0 Å². The first-order valence-corrected chi connectivity index (χ1v) is 4.09. The Morgan fingerprint density at radius 1 is 1.33 bits per heavy atom. The van der Waals surface area contributed by atoms with Crippen molar-refractivity contribution in [3.63, 3.8) is 0 Å². The standard InChI is InChI=1S/C9H11BO2/c1-6-3-4-7(2)9-8(6)5-12-10(9)11/h3-4,11H,5H2,1-2H3. The van der Waals surface area contributed by atoms with Crippen molar-refractivity contribution >= 4 is 12.6 Å². The summed E-state index contributed by atoms with van der Waals surface area (Å²) in [6.07, 6.45) is 0. The van der Waals surface area contributed by atoms with Gasteiger partial charge < -0.3 is 9.68 Å². The molecule has 62 valence electrons. The molecule has 3 heteroatoms. The van der Waals surface area contributed by atoms with E-state index in [1.807, 2.05) is 19.9 Å². The van der Waals surface area contributed by atoms with Crippen molar-refractivity contribution in [2.24, 2.45) is 0 Å². The van der Waals surface area contributed by atoms with Crippen LogP contribution in [0.15, 0.2) is 12.1 Å². The van der Waals surface area contributed by atoms with Crippen LogP contribution in [-0.2, 0) is 11.3 Å². The van der Waals surface area contributed by atoms with Crippen LogP contribution in [0.25, 0.3) is 0 Å². The molecule has 1 aromatic carbocycles. The number of fused-ring (bicyclic) bond motifs is 1. The minimum Gasteiger partial charge on any atom is -0.423 e. The topological polar surface area (TPSA) is 29.5 Å². The summed E-state index contributed by atoms with van der Waals surface area (Å²) in [6, 6.07) is 4.08. The molecule has 0 saturated carbocycles. The van der Waals surface area contributed by atoms with Crippen LogP contribution in [0.2, 0.25) is 0 Å². The van der Waals surface area contributed by atoms with Gasteiger partial charge in [-0.3, -0.25) is 0 Å². The molecule has 0 unspecified atom stereocenters. The molecule has 0 saturated heterocycles. The summed E-state index contributed by atoms with van der Waals surface area (Å²) in [4.78, 5) is 0. The molecule has 2 rings (SSSR count). The van der Waals surface area contributed by atoms with Gasteiger partial charge in [0.1, 0.15) is 0 Å². The lowest BCUT2D eigenvalue weighted by atomic mass is 9.75. The van der Waals surface area contributed by atoms with Crippen molar-refractivity contribution < 1.29 is 9.68 Å². The highest BCUT2D eigenvalue weighted by molar-refractivity contribution is 6.62. The fourth-order valence-corrected chi connectivity index (χ4v) is 1.67. The number of rotatable bonds is 0. The van der Waals surface area contributed by atoms with E-state index >= 15 is 0 Å². The molecule has 0 aliphatic carbocycles. The average Bonchev–Trinajstić information content (AvgIpc) is 2.42. The van der Waals surface area contributed by atoms with E-state index in [0.717, 1.165) is 16.6 Å². The number of benzene rings is 1. The highest BCUT2D eigenvalue weighted by Crippen LogP contribution is 2.16. The van der Waals surface area contributed by atoms with E-state index in [0.29, 0.717) is 6.61 Å². The summed E-state index contributed by atoms with van der Waals surface area (Å²) in [5, 5.41) is 9.46. The van der Waals surface area contributed by atoms with Gasteiger partial charge in [-0.1, -0.05) is 17.7 Å². The zero-order chi connectivity index (χ0) is 8.72. The van der Waals surface area contributed by atoms with Crippen molar-refractivity contribution in [3.8, 4) is 0 Å². The van der Waals surface area contributed by atoms with E-state index < -0.39 is 7.12 Å². The van der Waals surface area contributed by atoms with Crippen molar-refractivity contribution in [2.45, 2.75) is 20.5 Å². The number of hydrogen-bond acceptors (Lipinski definition) is 2. The summed E-state index contributed by atoms with van der Waals surface area (Å²) in [7, 11) is -0.708. The molecular formula is C9H11BO2. The largest absolute Gasteiger partial charge is 0.492 e. The second-order valence-electron chi connectivity index (χ2n) is 3.25. The Hall–Kier alpha value is -0.795. The van der Waals surface area contributed by atoms with E-state index in [1.165, 1.54) is 5.56 Å². The molecule has 2 nitrogen and oxygen atoms in total. The molecule has 0 aromatic heterocycles. The van der Waals surface area contributed by atoms with Crippen molar-refractivity contribution in [2.75, 3.05) is 0 Å². The Morgan fingerprint density at radius 3 is 2.67 bits per heavy atom. The highest BCUT2D eigenvalue weighted by Gasteiger charge is 2.29. The maximum absolute atomic E-state index is 9.46. The first-order valence-electron chi connectivity index (χ1n) is 4.09. The van der Waals surface area contributed by atoms with Gasteiger partial charge in [-0.05, 0) is 30.4 Å². The third-order valence-electron chi connectivity index (χ3n) is 2.44. The van der Waals surface area contributed by atoms with E-state index in [-0.39, 0.29) is 0 Å². The molecule has 0 radical (unpaired) electrons. The molecule has 12 heavy (non-hydrogen) atoms. The van der Waals surface area contributed by atoms with Gasteiger partial charge in [-0.15, -0.1) is 0 Å². The van der Waals surface area contributed by atoms with Crippen LogP contribution in [-0.4, -0.2) is 12.1 Å². The van der Waals surface area contributed by atoms with Gasteiger partial charge in [0.25, 0.3) is 0 Å². The monoisotopic (exact) mass is 162 g/mol.